The second kappa shape index (κ2) is 6.93. The van der Waals surface area contributed by atoms with Crippen LogP contribution in [0.25, 0.3) is 0 Å². The number of rotatable bonds is 5. The Kier molecular flexibility index (Phi) is 4.99. The predicted molar refractivity (Wildman–Crippen MR) is 87.7 cm³/mol. The van der Waals surface area contributed by atoms with E-state index in [1.807, 2.05) is 43.3 Å². The maximum Gasteiger partial charge on any atom is 0.251 e. The summed E-state index contributed by atoms with van der Waals surface area (Å²) in [5, 5.41) is 6.25. The Bertz CT molecular complexity index is 635. The molecule has 0 aliphatic carbocycles. The van der Waals surface area contributed by atoms with Crippen LogP contribution in [0.1, 0.15) is 34.0 Å². The number of hydrogen-bond donors (Lipinski definition) is 2. The van der Waals surface area contributed by atoms with E-state index in [-0.39, 0.29) is 5.91 Å². The van der Waals surface area contributed by atoms with Crippen molar-refractivity contribution in [2.24, 2.45) is 0 Å². The zero-order valence-electron chi connectivity index (χ0n) is 12.9. The van der Waals surface area contributed by atoms with E-state index in [1.165, 1.54) is 5.56 Å². The van der Waals surface area contributed by atoms with Gasteiger partial charge in [0, 0.05) is 24.3 Å². The highest BCUT2D eigenvalue weighted by atomic mass is 16.1. The van der Waals surface area contributed by atoms with Gasteiger partial charge in [-0.15, -0.1) is 0 Å². The van der Waals surface area contributed by atoms with Crippen molar-refractivity contribution < 1.29 is 4.79 Å². The van der Waals surface area contributed by atoms with E-state index in [1.54, 1.807) is 0 Å². The number of amides is 1. The van der Waals surface area contributed by atoms with Gasteiger partial charge in [0.2, 0.25) is 0 Å². The molecule has 0 heterocycles. The summed E-state index contributed by atoms with van der Waals surface area (Å²) in [5.74, 6) is -0.0376. The zero-order valence-corrected chi connectivity index (χ0v) is 12.9. The molecule has 3 nitrogen and oxygen atoms in total. The molecule has 0 spiro atoms. The van der Waals surface area contributed by atoms with Crippen molar-refractivity contribution in [3.8, 4) is 0 Å². The fourth-order valence-corrected chi connectivity index (χ4v) is 2.28. The summed E-state index contributed by atoms with van der Waals surface area (Å²) >= 11 is 0. The number of benzene rings is 2. The lowest BCUT2D eigenvalue weighted by Crippen LogP contribution is -2.23. The topological polar surface area (TPSA) is 41.1 Å². The molecule has 110 valence electrons. The molecule has 2 N–H and O–H groups in total. The third-order valence-electron chi connectivity index (χ3n) is 3.56. The third-order valence-corrected chi connectivity index (χ3v) is 3.56. The monoisotopic (exact) mass is 282 g/mol. The highest BCUT2D eigenvalue weighted by molar-refractivity contribution is 5.94. The summed E-state index contributed by atoms with van der Waals surface area (Å²) in [4.78, 5) is 12.2. The fraction of sp³-hybridized carbons (Fsp3) is 0.278. The van der Waals surface area contributed by atoms with Crippen LogP contribution in [0, 0.1) is 13.8 Å². The molecule has 0 unspecified atom stereocenters. The first-order chi connectivity index (χ1) is 10.1. The van der Waals surface area contributed by atoms with Crippen LogP contribution >= 0.6 is 0 Å². The molecule has 0 radical (unpaired) electrons. The molecule has 2 aromatic rings. The van der Waals surface area contributed by atoms with E-state index in [4.69, 9.17) is 0 Å². The maximum atomic E-state index is 12.2. The lowest BCUT2D eigenvalue weighted by atomic mass is 10.1. The minimum Gasteiger partial charge on any atom is -0.385 e. The number of hydrogen-bond acceptors (Lipinski definition) is 2. The Labute approximate surface area is 126 Å². The second-order valence-corrected chi connectivity index (χ2v) is 5.17. The molecule has 21 heavy (non-hydrogen) atoms. The summed E-state index contributed by atoms with van der Waals surface area (Å²) in [6.45, 7) is 7.55. The molecule has 0 atom stereocenters. The van der Waals surface area contributed by atoms with E-state index in [0.29, 0.717) is 12.1 Å². The molecular weight excluding hydrogens is 260 g/mol. The molecule has 0 bridgehead atoms. The molecule has 0 saturated heterocycles. The molecule has 3 heteroatoms. The van der Waals surface area contributed by atoms with E-state index in [2.05, 4.69) is 30.5 Å². The van der Waals surface area contributed by atoms with E-state index >= 15 is 0 Å². The van der Waals surface area contributed by atoms with Gasteiger partial charge in [-0.3, -0.25) is 4.79 Å². The zero-order chi connectivity index (χ0) is 15.2. The molecule has 0 aromatic heterocycles. The number of carbonyl (C=O) groups is 1. The Balaban J connectivity index is 2.04. The second-order valence-electron chi connectivity index (χ2n) is 5.17. The summed E-state index contributed by atoms with van der Waals surface area (Å²) in [6.07, 6.45) is 0. The number of nitrogens with one attached hydrogen (secondary N) is 2. The van der Waals surface area contributed by atoms with Crippen molar-refractivity contribution in [2.75, 3.05) is 11.9 Å². The van der Waals surface area contributed by atoms with E-state index < -0.39 is 0 Å². The standard InChI is InChI=1S/C18H22N2O/c1-4-19-17-10-9-15(11-14(17)3)18(21)20-12-16-8-6-5-7-13(16)2/h5-11,19H,4,12H2,1-3H3,(H,20,21). The molecular formula is C18H22N2O. The lowest BCUT2D eigenvalue weighted by Gasteiger charge is -2.11. The number of anilines is 1. The van der Waals surface area contributed by atoms with Gasteiger partial charge in [0.15, 0.2) is 0 Å². The largest absolute Gasteiger partial charge is 0.385 e. The van der Waals surface area contributed by atoms with Crippen molar-refractivity contribution in [3.63, 3.8) is 0 Å². The van der Waals surface area contributed by atoms with Gasteiger partial charge in [-0.05, 0) is 55.7 Å². The van der Waals surface area contributed by atoms with Crippen LogP contribution in [0.4, 0.5) is 5.69 Å². The first-order valence-corrected chi connectivity index (χ1v) is 7.29. The smallest absolute Gasteiger partial charge is 0.251 e. The predicted octanol–water partition coefficient (Wildman–Crippen LogP) is 3.67. The van der Waals surface area contributed by atoms with Crippen LogP contribution in [0.5, 0.6) is 0 Å². The van der Waals surface area contributed by atoms with Gasteiger partial charge >= 0.3 is 0 Å². The average molecular weight is 282 g/mol. The Hall–Kier alpha value is -2.29. The lowest BCUT2D eigenvalue weighted by molar-refractivity contribution is 0.0951. The van der Waals surface area contributed by atoms with Crippen LogP contribution in [0.2, 0.25) is 0 Å². The van der Waals surface area contributed by atoms with Gasteiger partial charge < -0.3 is 10.6 Å². The maximum absolute atomic E-state index is 12.2. The van der Waals surface area contributed by atoms with Crippen molar-refractivity contribution in [2.45, 2.75) is 27.3 Å². The third kappa shape index (κ3) is 3.85. The first kappa shape index (κ1) is 15.1. The Morgan fingerprint density at radius 1 is 1.05 bits per heavy atom. The van der Waals surface area contributed by atoms with Crippen molar-refractivity contribution in [3.05, 3.63) is 64.7 Å². The highest BCUT2D eigenvalue weighted by Crippen LogP contribution is 2.16. The van der Waals surface area contributed by atoms with Gasteiger partial charge in [0.25, 0.3) is 5.91 Å². The van der Waals surface area contributed by atoms with Gasteiger partial charge in [-0.25, -0.2) is 0 Å². The van der Waals surface area contributed by atoms with Gasteiger partial charge in [0.05, 0.1) is 0 Å². The summed E-state index contributed by atoms with van der Waals surface area (Å²) in [7, 11) is 0. The van der Waals surface area contributed by atoms with Crippen LogP contribution in [-0.4, -0.2) is 12.5 Å². The van der Waals surface area contributed by atoms with E-state index in [0.717, 1.165) is 23.4 Å². The average Bonchev–Trinajstić information content (AvgIpc) is 2.48. The molecule has 2 aromatic carbocycles. The van der Waals surface area contributed by atoms with Crippen LogP contribution in [0.3, 0.4) is 0 Å². The molecule has 0 fully saturated rings. The SMILES string of the molecule is CCNc1ccc(C(=O)NCc2ccccc2C)cc1C. The minimum absolute atomic E-state index is 0.0376. The molecule has 0 aliphatic heterocycles. The minimum atomic E-state index is -0.0376. The van der Waals surface area contributed by atoms with Gasteiger partial charge in [-0.2, -0.15) is 0 Å². The molecule has 1 amide bonds. The van der Waals surface area contributed by atoms with Crippen molar-refractivity contribution >= 4 is 11.6 Å². The molecule has 0 aliphatic rings. The summed E-state index contributed by atoms with van der Waals surface area (Å²) < 4.78 is 0. The highest BCUT2D eigenvalue weighted by Gasteiger charge is 2.08. The Morgan fingerprint density at radius 3 is 2.48 bits per heavy atom. The van der Waals surface area contributed by atoms with Gasteiger partial charge in [0.1, 0.15) is 0 Å². The summed E-state index contributed by atoms with van der Waals surface area (Å²) in [5.41, 5.74) is 5.19. The quantitative estimate of drug-likeness (QED) is 0.878. The van der Waals surface area contributed by atoms with Crippen LogP contribution in [-0.2, 0) is 6.54 Å². The normalized spacial score (nSPS) is 10.2. The van der Waals surface area contributed by atoms with Gasteiger partial charge in [-0.1, -0.05) is 24.3 Å². The van der Waals surface area contributed by atoms with Crippen LogP contribution < -0.4 is 10.6 Å². The Morgan fingerprint density at radius 2 is 1.81 bits per heavy atom. The first-order valence-electron chi connectivity index (χ1n) is 7.29. The number of aryl methyl sites for hydroxylation is 2. The molecule has 2 rings (SSSR count). The molecule has 0 saturated carbocycles. The van der Waals surface area contributed by atoms with Crippen molar-refractivity contribution in [1.82, 2.24) is 5.32 Å². The van der Waals surface area contributed by atoms with Crippen molar-refractivity contribution in [1.29, 1.82) is 0 Å². The fourth-order valence-electron chi connectivity index (χ4n) is 2.28. The van der Waals surface area contributed by atoms with E-state index in [9.17, 15) is 4.79 Å². The summed E-state index contributed by atoms with van der Waals surface area (Å²) in [6, 6.07) is 13.8. The van der Waals surface area contributed by atoms with Crippen LogP contribution in [0.15, 0.2) is 42.5 Å². The number of carbonyl (C=O) groups excluding carboxylic acids is 1.